The number of benzene rings is 1. The smallest absolute Gasteiger partial charge is 0.306 e. The van der Waals surface area contributed by atoms with Crippen molar-refractivity contribution in [2.45, 2.75) is 19.8 Å². The van der Waals surface area contributed by atoms with Crippen molar-refractivity contribution in [3.05, 3.63) is 29.3 Å². The number of anilines is 1. The number of carbonyl (C=O) groups excluding carboxylic acids is 1. The van der Waals surface area contributed by atoms with Gasteiger partial charge in [-0.15, -0.1) is 0 Å². The van der Waals surface area contributed by atoms with Crippen molar-refractivity contribution in [3.63, 3.8) is 0 Å². The molecule has 102 valence electrons. The molecule has 1 aliphatic rings. The van der Waals surface area contributed by atoms with Gasteiger partial charge in [-0.2, -0.15) is 0 Å². The lowest BCUT2D eigenvalue weighted by molar-refractivity contribution is -0.143. The zero-order chi connectivity index (χ0) is 14.0. The molecule has 1 aromatic rings. The second-order valence-corrected chi connectivity index (χ2v) is 4.98. The molecule has 0 spiro atoms. The molecule has 0 atom stereocenters. The second-order valence-electron chi connectivity index (χ2n) is 4.98. The van der Waals surface area contributed by atoms with Crippen LogP contribution in [0, 0.1) is 12.8 Å². The first-order valence-corrected chi connectivity index (χ1v) is 6.37. The van der Waals surface area contributed by atoms with Crippen LogP contribution in [0.15, 0.2) is 18.2 Å². The molecule has 19 heavy (non-hydrogen) atoms. The average molecular weight is 262 g/mol. The van der Waals surface area contributed by atoms with Crippen molar-refractivity contribution in [3.8, 4) is 0 Å². The van der Waals surface area contributed by atoms with Gasteiger partial charge >= 0.3 is 5.97 Å². The van der Waals surface area contributed by atoms with Crippen molar-refractivity contribution in [1.29, 1.82) is 0 Å². The van der Waals surface area contributed by atoms with E-state index < -0.39 is 5.97 Å². The molecule has 0 saturated carbocycles. The van der Waals surface area contributed by atoms with E-state index >= 15 is 0 Å². The van der Waals surface area contributed by atoms with Crippen LogP contribution in [0.2, 0.25) is 0 Å². The number of carboxylic acid groups (broad SMARTS) is 1. The first kappa shape index (κ1) is 13.4. The molecule has 3 N–H and O–H groups in total. The predicted molar refractivity (Wildman–Crippen MR) is 71.9 cm³/mol. The Bertz CT molecular complexity index is 505. The topological polar surface area (TPSA) is 83.6 Å². The summed E-state index contributed by atoms with van der Waals surface area (Å²) >= 11 is 0. The Kier molecular flexibility index (Phi) is 3.74. The van der Waals surface area contributed by atoms with E-state index in [0.29, 0.717) is 37.2 Å². The molecule has 0 aliphatic carbocycles. The minimum atomic E-state index is -0.768. The van der Waals surface area contributed by atoms with Gasteiger partial charge in [-0.3, -0.25) is 9.59 Å². The summed E-state index contributed by atoms with van der Waals surface area (Å²) in [5.74, 6) is -1.13. The standard InChI is InChI=1S/C14H18N2O3/c1-9-8-11(15)2-3-12(9)13(17)16-6-4-10(5-7-16)14(18)19/h2-3,8,10H,4-7,15H2,1H3,(H,18,19). The molecule has 1 fully saturated rings. The van der Waals surface area contributed by atoms with Crippen LogP contribution in [0.3, 0.4) is 0 Å². The van der Waals surface area contributed by atoms with Crippen LogP contribution in [0.1, 0.15) is 28.8 Å². The molecule has 5 nitrogen and oxygen atoms in total. The Morgan fingerprint density at radius 1 is 1.32 bits per heavy atom. The maximum absolute atomic E-state index is 12.3. The molecule has 1 aliphatic heterocycles. The van der Waals surface area contributed by atoms with Crippen LogP contribution in [0.4, 0.5) is 5.69 Å². The lowest BCUT2D eigenvalue weighted by atomic mass is 9.96. The summed E-state index contributed by atoms with van der Waals surface area (Å²) in [5.41, 5.74) is 7.80. The van der Waals surface area contributed by atoms with E-state index in [-0.39, 0.29) is 11.8 Å². The summed E-state index contributed by atoms with van der Waals surface area (Å²) in [6.07, 6.45) is 1.05. The first-order valence-electron chi connectivity index (χ1n) is 6.37. The highest BCUT2D eigenvalue weighted by Crippen LogP contribution is 2.21. The second kappa shape index (κ2) is 5.30. The van der Waals surface area contributed by atoms with E-state index in [9.17, 15) is 9.59 Å². The van der Waals surface area contributed by atoms with Gasteiger partial charge in [0.05, 0.1) is 5.92 Å². The molecule has 0 radical (unpaired) electrons. The number of carboxylic acids is 1. The van der Waals surface area contributed by atoms with Crippen LogP contribution < -0.4 is 5.73 Å². The first-order chi connectivity index (χ1) is 8.99. The lowest BCUT2D eigenvalue weighted by Crippen LogP contribution is -2.40. The monoisotopic (exact) mass is 262 g/mol. The number of nitrogens with two attached hydrogens (primary N) is 1. The van der Waals surface area contributed by atoms with Crippen LogP contribution in [-0.2, 0) is 4.79 Å². The van der Waals surface area contributed by atoms with Gasteiger partial charge in [-0.1, -0.05) is 0 Å². The van der Waals surface area contributed by atoms with Crippen molar-refractivity contribution < 1.29 is 14.7 Å². The zero-order valence-corrected chi connectivity index (χ0v) is 10.9. The number of amides is 1. The highest BCUT2D eigenvalue weighted by Gasteiger charge is 2.27. The van der Waals surface area contributed by atoms with Gasteiger partial charge in [0.15, 0.2) is 0 Å². The van der Waals surface area contributed by atoms with Gasteiger partial charge in [-0.25, -0.2) is 0 Å². The van der Waals surface area contributed by atoms with E-state index in [4.69, 9.17) is 10.8 Å². The van der Waals surface area contributed by atoms with Gasteiger partial charge < -0.3 is 15.7 Å². The number of rotatable bonds is 2. The SMILES string of the molecule is Cc1cc(N)ccc1C(=O)N1CCC(C(=O)O)CC1. The molecule has 0 unspecified atom stereocenters. The van der Waals surface area contributed by atoms with E-state index in [1.807, 2.05) is 6.92 Å². The normalized spacial score (nSPS) is 16.4. The predicted octanol–water partition coefficient (Wildman–Crippen LogP) is 1.51. The summed E-state index contributed by atoms with van der Waals surface area (Å²) in [5, 5.41) is 8.94. The number of hydrogen-bond donors (Lipinski definition) is 2. The summed E-state index contributed by atoms with van der Waals surface area (Å²) in [4.78, 5) is 24.9. The number of piperidine rings is 1. The Balaban J connectivity index is 2.07. The number of aryl methyl sites for hydroxylation is 1. The van der Waals surface area contributed by atoms with E-state index in [1.54, 1.807) is 23.1 Å². The Hall–Kier alpha value is -2.04. The van der Waals surface area contributed by atoms with Crippen molar-refractivity contribution >= 4 is 17.6 Å². The quantitative estimate of drug-likeness (QED) is 0.791. The Morgan fingerprint density at radius 3 is 2.47 bits per heavy atom. The van der Waals surface area contributed by atoms with Gasteiger partial charge in [0.25, 0.3) is 5.91 Å². The molecule has 0 aromatic heterocycles. The van der Waals surface area contributed by atoms with Crippen LogP contribution in [0.5, 0.6) is 0 Å². The summed E-state index contributed by atoms with van der Waals surface area (Å²) in [6, 6.07) is 5.22. The highest BCUT2D eigenvalue weighted by atomic mass is 16.4. The fraction of sp³-hybridized carbons (Fsp3) is 0.429. The van der Waals surface area contributed by atoms with Crippen LogP contribution >= 0.6 is 0 Å². The van der Waals surface area contributed by atoms with Gasteiger partial charge in [0.1, 0.15) is 0 Å². The molecular formula is C14H18N2O3. The minimum Gasteiger partial charge on any atom is -0.481 e. The van der Waals surface area contributed by atoms with Gasteiger partial charge in [-0.05, 0) is 43.5 Å². The largest absolute Gasteiger partial charge is 0.481 e. The summed E-state index contributed by atoms with van der Waals surface area (Å²) < 4.78 is 0. The molecule has 2 rings (SSSR count). The number of hydrogen-bond acceptors (Lipinski definition) is 3. The fourth-order valence-electron chi connectivity index (χ4n) is 2.43. The van der Waals surface area contributed by atoms with Gasteiger partial charge in [0.2, 0.25) is 0 Å². The van der Waals surface area contributed by atoms with Crippen LogP contribution in [-0.4, -0.2) is 35.0 Å². The third kappa shape index (κ3) is 2.86. The summed E-state index contributed by atoms with van der Waals surface area (Å²) in [7, 11) is 0. The summed E-state index contributed by atoms with van der Waals surface area (Å²) in [6.45, 7) is 2.85. The zero-order valence-electron chi connectivity index (χ0n) is 10.9. The molecule has 0 bridgehead atoms. The number of nitrogens with zero attached hydrogens (tertiary/aromatic N) is 1. The maximum Gasteiger partial charge on any atom is 0.306 e. The number of nitrogen functional groups attached to an aromatic ring is 1. The van der Waals surface area contributed by atoms with E-state index in [1.165, 1.54) is 0 Å². The molecule has 5 heteroatoms. The van der Waals surface area contributed by atoms with E-state index in [0.717, 1.165) is 5.56 Å². The molecule has 1 saturated heterocycles. The Labute approximate surface area is 112 Å². The molecule has 1 heterocycles. The lowest BCUT2D eigenvalue weighted by Gasteiger charge is -2.30. The van der Waals surface area contributed by atoms with E-state index in [2.05, 4.69) is 0 Å². The fourth-order valence-corrected chi connectivity index (χ4v) is 2.43. The number of carbonyl (C=O) groups is 2. The number of likely N-dealkylation sites (tertiary alicyclic amines) is 1. The Morgan fingerprint density at radius 2 is 1.95 bits per heavy atom. The molecule has 1 aromatic carbocycles. The third-order valence-corrected chi connectivity index (χ3v) is 3.61. The maximum atomic E-state index is 12.3. The van der Waals surface area contributed by atoms with Crippen molar-refractivity contribution in [2.24, 2.45) is 5.92 Å². The van der Waals surface area contributed by atoms with Crippen molar-refractivity contribution in [2.75, 3.05) is 18.8 Å². The van der Waals surface area contributed by atoms with Crippen LogP contribution in [0.25, 0.3) is 0 Å². The molecular weight excluding hydrogens is 244 g/mol. The minimum absolute atomic E-state index is 0.0404. The highest BCUT2D eigenvalue weighted by molar-refractivity contribution is 5.96. The average Bonchev–Trinajstić information content (AvgIpc) is 2.38. The van der Waals surface area contributed by atoms with Gasteiger partial charge in [0, 0.05) is 24.3 Å². The molecule has 1 amide bonds. The third-order valence-electron chi connectivity index (χ3n) is 3.61. The number of aliphatic carboxylic acids is 1. The van der Waals surface area contributed by atoms with Crippen molar-refractivity contribution in [1.82, 2.24) is 4.90 Å².